The van der Waals surface area contributed by atoms with Gasteiger partial charge in [0.05, 0.1) is 5.56 Å². The molecule has 0 atom stereocenters. The molecule has 26 heavy (non-hydrogen) atoms. The van der Waals surface area contributed by atoms with Crippen LogP contribution in [-0.2, 0) is 15.7 Å². The van der Waals surface area contributed by atoms with Crippen LogP contribution in [0.2, 0.25) is 0 Å². The van der Waals surface area contributed by atoms with Crippen LogP contribution in [0.4, 0.5) is 22.0 Å². The lowest BCUT2D eigenvalue weighted by molar-refractivity contribution is -0.138. The van der Waals surface area contributed by atoms with E-state index in [1.165, 1.54) is 12.1 Å². The van der Waals surface area contributed by atoms with Gasteiger partial charge in [-0.05, 0) is 42.0 Å². The highest BCUT2D eigenvalue weighted by atomic mass is 19.4. The summed E-state index contributed by atoms with van der Waals surface area (Å²) < 4.78 is 68.2. The van der Waals surface area contributed by atoms with Crippen LogP contribution in [0.15, 0.2) is 48.5 Å². The van der Waals surface area contributed by atoms with E-state index in [1.54, 1.807) is 0 Å². The van der Waals surface area contributed by atoms with Crippen molar-refractivity contribution in [1.29, 1.82) is 0 Å². The van der Waals surface area contributed by atoms with E-state index >= 15 is 0 Å². The van der Waals surface area contributed by atoms with Crippen molar-refractivity contribution in [2.45, 2.75) is 6.18 Å². The van der Waals surface area contributed by atoms with Gasteiger partial charge in [-0.25, -0.2) is 13.6 Å². The molecule has 0 saturated heterocycles. The van der Waals surface area contributed by atoms with Crippen molar-refractivity contribution in [3.8, 4) is 0 Å². The van der Waals surface area contributed by atoms with Gasteiger partial charge in [-0.2, -0.15) is 13.2 Å². The first-order valence-corrected chi connectivity index (χ1v) is 7.17. The summed E-state index contributed by atoms with van der Waals surface area (Å²) in [5.74, 6) is -4.07. The van der Waals surface area contributed by atoms with Gasteiger partial charge in [0.15, 0.2) is 24.0 Å². The molecule has 0 aliphatic heterocycles. The van der Waals surface area contributed by atoms with Crippen LogP contribution >= 0.6 is 0 Å². The van der Waals surface area contributed by atoms with Gasteiger partial charge in [0, 0.05) is 11.6 Å². The van der Waals surface area contributed by atoms with Gasteiger partial charge in [-0.15, -0.1) is 0 Å². The third kappa shape index (κ3) is 5.23. The Labute approximate surface area is 144 Å². The van der Waals surface area contributed by atoms with Crippen molar-refractivity contribution in [3.63, 3.8) is 0 Å². The van der Waals surface area contributed by atoms with Crippen LogP contribution in [0.5, 0.6) is 0 Å². The van der Waals surface area contributed by atoms with Gasteiger partial charge >= 0.3 is 12.1 Å². The molecule has 0 saturated carbocycles. The zero-order valence-electron chi connectivity index (χ0n) is 13.0. The summed E-state index contributed by atoms with van der Waals surface area (Å²) >= 11 is 0. The average molecular weight is 370 g/mol. The van der Waals surface area contributed by atoms with Crippen molar-refractivity contribution >= 4 is 17.8 Å². The molecule has 2 rings (SSSR count). The van der Waals surface area contributed by atoms with Crippen molar-refractivity contribution in [2.75, 3.05) is 6.61 Å². The number of hydrogen-bond acceptors (Lipinski definition) is 3. The number of Topliss-reactive ketones (excluding diaryl/α,β-unsaturated/α-hetero) is 1. The summed E-state index contributed by atoms with van der Waals surface area (Å²) in [5.41, 5.74) is -0.941. The fourth-order valence-electron chi connectivity index (χ4n) is 1.92. The fraction of sp³-hybridized carbons (Fsp3) is 0.111. The minimum Gasteiger partial charge on any atom is -0.454 e. The minimum atomic E-state index is -4.51. The molecule has 0 aliphatic carbocycles. The number of benzene rings is 2. The first-order valence-electron chi connectivity index (χ1n) is 7.17. The standard InChI is InChI=1S/C18H11F5O3/c19-14-6-5-12(9-15(14)20)16(24)10-26-17(25)7-4-11-2-1-3-13(8-11)18(21,22)23/h1-9H,10H2. The Kier molecular flexibility index (Phi) is 5.86. The molecule has 0 N–H and O–H groups in total. The third-order valence-electron chi connectivity index (χ3n) is 3.21. The number of ketones is 1. The van der Waals surface area contributed by atoms with Crippen LogP contribution in [0.3, 0.4) is 0 Å². The molecule has 8 heteroatoms. The Morgan fingerprint density at radius 1 is 1.00 bits per heavy atom. The molecular formula is C18H11F5O3. The van der Waals surface area contributed by atoms with Crippen LogP contribution < -0.4 is 0 Å². The number of carbonyl (C=O) groups excluding carboxylic acids is 2. The third-order valence-corrected chi connectivity index (χ3v) is 3.21. The molecular weight excluding hydrogens is 359 g/mol. The summed E-state index contributed by atoms with van der Waals surface area (Å²) in [5, 5.41) is 0. The number of hydrogen-bond donors (Lipinski definition) is 0. The smallest absolute Gasteiger partial charge is 0.416 e. The predicted molar refractivity (Wildman–Crippen MR) is 82.1 cm³/mol. The largest absolute Gasteiger partial charge is 0.454 e. The van der Waals surface area contributed by atoms with E-state index in [-0.39, 0.29) is 11.1 Å². The number of esters is 1. The zero-order valence-corrected chi connectivity index (χ0v) is 13.0. The first kappa shape index (κ1) is 19.3. The molecule has 0 spiro atoms. The second-order valence-electron chi connectivity index (χ2n) is 5.12. The van der Waals surface area contributed by atoms with E-state index in [0.717, 1.165) is 36.4 Å². The van der Waals surface area contributed by atoms with Gasteiger partial charge in [0.2, 0.25) is 0 Å². The predicted octanol–water partition coefficient (Wildman–Crippen LogP) is 4.42. The Morgan fingerprint density at radius 3 is 2.38 bits per heavy atom. The second-order valence-corrected chi connectivity index (χ2v) is 5.12. The molecule has 0 bridgehead atoms. The van der Waals surface area contributed by atoms with E-state index in [4.69, 9.17) is 0 Å². The highest BCUT2D eigenvalue weighted by molar-refractivity contribution is 5.98. The summed E-state index contributed by atoms with van der Waals surface area (Å²) in [6.07, 6.45) is -2.56. The summed E-state index contributed by atoms with van der Waals surface area (Å²) in [7, 11) is 0. The quantitative estimate of drug-likeness (QED) is 0.339. The molecule has 2 aromatic carbocycles. The van der Waals surface area contributed by atoms with Gasteiger partial charge < -0.3 is 4.74 Å². The van der Waals surface area contributed by atoms with Crippen LogP contribution in [0.25, 0.3) is 6.08 Å². The Morgan fingerprint density at radius 2 is 1.73 bits per heavy atom. The maximum absolute atomic E-state index is 13.0. The Balaban J connectivity index is 1.95. The van der Waals surface area contributed by atoms with Crippen LogP contribution in [0, 0.1) is 11.6 Å². The molecule has 0 radical (unpaired) electrons. The molecule has 3 nitrogen and oxygen atoms in total. The number of rotatable bonds is 5. The topological polar surface area (TPSA) is 43.4 Å². The van der Waals surface area contributed by atoms with Gasteiger partial charge in [-0.3, -0.25) is 4.79 Å². The van der Waals surface area contributed by atoms with Crippen molar-refractivity contribution < 1.29 is 36.3 Å². The van der Waals surface area contributed by atoms with Crippen molar-refractivity contribution in [2.24, 2.45) is 0 Å². The maximum atomic E-state index is 13.0. The normalized spacial score (nSPS) is 11.6. The zero-order chi connectivity index (χ0) is 19.3. The van der Waals surface area contributed by atoms with E-state index in [1.807, 2.05) is 0 Å². The van der Waals surface area contributed by atoms with Gasteiger partial charge in [-0.1, -0.05) is 12.1 Å². The summed E-state index contributed by atoms with van der Waals surface area (Å²) in [6, 6.07) is 6.73. The molecule has 0 fully saturated rings. The molecule has 0 amide bonds. The number of carbonyl (C=O) groups is 2. The average Bonchev–Trinajstić information content (AvgIpc) is 2.59. The van der Waals surface area contributed by atoms with E-state index in [2.05, 4.69) is 4.74 Å². The number of alkyl halides is 3. The first-order chi connectivity index (χ1) is 12.2. The monoisotopic (exact) mass is 370 g/mol. The van der Waals surface area contributed by atoms with Crippen LogP contribution in [-0.4, -0.2) is 18.4 Å². The molecule has 0 heterocycles. The SMILES string of the molecule is O=C(C=Cc1cccc(C(F)(F)F)c1)OCC(=O)c1ccc(F)c(F)c1. The lowest BCUT2D eigenvalue weighted by atomic mass is 10.1. The summed E-state index contributed by atoms with van der Waals surface area (Å²) in [4.78, 5) is 23.3. The molecule has 0 unspecified atom stereocenters. The fourth-order valence-corrected chi connectivity index (χ4v) is 1.92. The lowest BCUT2D eigenvalue weighted by Crippen LogP contribution is -2.13. The second kappa shape index (κ2) is 7.90. The molecule has 0 aromatic heterocycles. The van der Waals surface area contributed by atoms with E-state index < -0.39 is 41.7 Å². The molecule has 136 valence electrons. The lowest BCUT2D eigenvalue weighted by Gasteiger charge is -2.06. The number of ether oxygens (including phenoxy) is 1. The van der Waals surface area contributed by atoms with Gasteiger partial charge in [0.25, 0.3) is 0 Å². The highest BCUT2D eigenvalue weighted by Crippen LogP contribution is 2.29. The maximum Gasteiger partial charge on any atom is 0.416 e. The van der Waals surface area contributed by atoms with Crippen molar-refractivity contribution in [3.05, 3.63) is 76.9 Å². The Hall–Kier alpha value is -3.03. The van der Waals surface area contributed by atoms with Crippen molar-refractivity contribution in [1.82, 2.24) is 0 Å². The Bertz CT molecular complexity index is 856. The molecule has 2 aromatic rings. The van der Waals surface area contributed by atoms with Crippen LogP contribution in [0.1, 0.15) is 21.5 Å². The van der Waals surface area contributed by atoms with E-state index in [9.17, 15) is 31.5 Å². The van der Waals surface area contributed by atoms with E-state index in [0.29, 0.717) is 6.07 Å². The highest BCUT2D eigenvalue weighted by Gasteiger charge is 2.30. The minimum absolute atomic E-state index is 0.115. The van der Waals surface area contributed by atoms with Gasteiger partial charge in [0.1, 0.15) is 0 Å². The summed E-state index contributed by atoms with van der Waals surface area (Å²) in [6.45, 7) is -0.725. The number of halogens is 5. The molecule has 0 aliphatic rings.